The quantitative estimate of drug-likeness (QED) is 0.800. The molecule has 1 saturated heterocycles. The van der Waals surface area contributed by atoms with Gasteiger partial charge in [0.2, 0.25) is 0 Å². The van der Waals surface area contributed by atoms with Gasteiger partial charge in [0.1, 0.15) is 4.83 Å². The minimum atomic E-state index is -4.51. The molecular formula is C14H16F3N3OS. The third-order valence-electron chi connectivity index (χ3n) is 4.05. The SMILES string of the molecule is CC1CCCCN1C(=O)c1cc2c(C(F)(F)F)nn(C)c2s1. The van der Waals surface area contributed by atoms with Crippen LogP contribution >= 0.6 is 11.3 Å². The average molecular weight is 331 g/mol. The normalized spacial score (nSPS) is 19.9. The van der Waals surface area contributed by atoms with Crippen LogP contribution in [0.3, 0.4) is 0 Å². The first kappa shape index (κ1) is 15.3. The molecule has 0 spiro atoms. The summed E-state index contributed by atoms with van der Waals surface area (Å²) in [6.45, 7) is 2.64. The standard InChI is InChI=1S/C14H16F3N3OS/c1-8-5-3-4-6-20(8)12(21)10-7-9-11(14(15,16)17)18-19(2)13(9)22-10/h7-8H,3-6H2,1-2H3. The van der Waals surface area contributed by atoms with Gasteiger partial charge in [-0.2, -0.15) is 18.3 Å². The molecule has 0 aliphatic carbocycles. The van der Waals surface area contributed by atoms with E-state index in [4.69, 9.17) is 0 Å². The summed E-state index contributed by atoms with van der Waals surface area (Å²) in [7, 11) is 1.46. The van der Waals surface area contributed by atoms with Crippen molar-refractivity contribution in [2.45, 2.75) is 38.4 Å². The van der Waals surface area contributed by atoms with Gasteiger partial charge in [0.25, 0.3) is 5.91 Å². The van der Waals surface area contributed by atoms with E-state index in [0.717, 1.165) is 30.6 Å². The molecule has 0 bridgehead atoms. The smallest absolute Gasteiger partial charge is 0.335 e. The van der Waals surface area contributed by atoms with Gasteiger partial charge in [-0.1, -0.05) is 0 Å². The van der Waals surface area contributed by atoms with Gasteiger partial charge < -0.3 is 4.90 Å². The summed E-state index contributed by atoms with van der Waals surface area (Å²) in [5, 5.41) is 3.53. The molecule has 1 unspecified atom stereocenters. The van der Waals surface area contributed by atoms with Crippen molar-refractivity contribution in [3.8, 4) is 0 Å². The Balaban J connectivity index is 2.00. The van der Waals surface area contributed by atoms with Crippen molar-refractivity contribution in [2.24, 2.45) is 7.05 Å². The first-order valence-electron chi connectivity index (χ1n) is 7.13. The fourth-order valence-corrected chi connectivity index (χ4v) is 3.93. The maximum absolute atomic E-state index is 13.0. The number of amides is 1. The van der Waals surface area contributed by atoms with Crippen LogP contribution in [-0.4, -0.2) is 33.2 Å². The molecule has 4 nitrogen and oxygen atoms in total. The molecule has 0 saturated carbocycles. The number of nitrogens with zero attached hydrogens (tertiary/aromatic N) is 3. The highest BCUT2D eigenvalue weighted by molar-refractivity contribution is 7.20. The van der Waals surface area contributed by atoms with E-state index in [1.807, 2.05) is 6.92 Å². The number of hydrogen-bond donors (Lipinski definition) is 0. The van der Waals surface area contributed by atoms with Crippen LogP contribution < -0.4 is 0 Å². The average Bonchev–Trinajstić information content (AvgIpc) is 2.99. The van der Waals surface area contributed by atoms with Crippen molar-refractivity contribution in [2.75, 3.05) is 6.54 Å². The fraction of sp³-hybridized carbons (Fsp3) is 0.571. The summed E-state index contributed by atoms with van der Waals surface area (Å²) in [6, 6.07) is 1.46. The number of alkyl halides is 3. The topological polar surface area (TPSA) is 38.1 Å². The summed E-state index contributed by atoms with van der Waals surface area (Å²) in [4.78, 5) is 15.1. The van der Waals surface area contributed by atoms with Crippen LogP contribution in [0.4, 0.5) is 13.2 Å². The van der Waals surface area contributed by atoms with E-state index in [0.29, 0.717) is 16.3 Å². The highest BCUT2D eigenvalue weighted by Gasteiger charge is 2.38. The molecule has 1 fully saturated rings. The summed E-state index contributed by atoms with van der Waals surface area (Å²) >= 11 is 1.07. The van der Waals surface area contributed by atoms with Crippen molar-refractivity contribution in [1.29, 1.82) is 0 Å². The van der Waals surface area contributed by atoms with E-state index in [1.54, 1.807) is 4.90 Å². The molecule has 0 radical (unpaired) electrons. The molecule has 120 valence electrons. The number of carbonyl (C=O) groups excluding carboxylic acids is 1. The molecule has 3 rings (SSSR count). The number of piperidine rings is 1. The van der Waals surface area contributed by atoms with Crippen LogP contribution in [0.5, 0.6) is 0 Å². The lowest BCUT2D eigenvalue weighted by molar-refractivity contribution is -0.140. The minimum Gasteiger partial charge on any atom is -0.335 e. The number of fused-ring (bicyclic) bond motifs is 1. The van der Waals surface area contributed by atoms with Crippen LogP contribution in [0.25, 0.3) is 10.2 Å². The first-order chi connectivity index (χ1) is 10.3. The predicted octanol–water partition coefficient (Wildman–Crippen LogP) is 3.67. The fourth-order valence-electron chi connectivity index (χ4n) is 2.90. The molecule has 2 aromatic heterocycles. The lowest BCUT2D eigenvalue weighted by Gasteiger charge is -2.33. The zero-order valence-electron chi connectivity index (χ0n) is 12.3. The Hall–Kier alpha value is -1.57. The highest BCUT2D eigenvalue weighted by atomic mass is 32.1. The Morgan fingerprint density at radius 1 is 1.41 bits per heavy atom. The van der Waals surface area contributed by atoms with Gasteiger partial charge in [0, 0.05) is 25.0 Å². The molecule has 1 aliphatic heterocycles. The van der Waals surface area contributed by atoms with E-state index in [1.165, 1.54) is 17.8 Å². The van der Waals surface area contributed by atoms with Gasteiger partial charge in [-0.05, 0) is 32.3 Å². The highest BCUT2D eigenvalue weighted by Crippen LogP contribution is 2.38. The molecule has 0 N–H and O–H groups in total. The Labute approximate surface area is 129 Å². The van der Waals surface area contributed by atoms with Gasteiger partial charge >= 0.3 is 6.18 Å². The second-order valence-electron chi connectivity index (χ2n) is 5.64. The lowest BCUT2D eigenvalue weighted by Crippen LogP contribution is -2.41. The number of aromatic nitrogens is 2. The van der Waals surface area contributed by atoms with E-state index >= 15 is 0 Å². The number of aryl methyl sites for hydroxylation is 1. The molecule has 22 heavy (non-hydrogen) atoms. The third kappa shape index (κ3) is 2.49. The van der Waals surface area contributed by atoms with Crippen molar-refractivity contribution in [3.05, 3.63) is 16.6 Å². The number of thiophene rings is 1. The largest absolute Gasteiger partial charge is 0.435 e. The van der Waals surface area contributed by atoms with Gasteiger partial charge in [-0.3, -0.25) is 9.48 Å². The predicted molar refractivity (Wildman–Crippen MR) is 77.9 cm³/mol. The number of halogens is 3. The molecule has 2 aromatic rings. The monoisotopic (exact) mass is 331 g/mol. The first-order valence-corrected chi connectivity index (χ1v) is 7.95. The Bertz CT molecular complexity index is 719. The number of hydrogen-bond acceptors (Lipinski definition) is 3. The van der Waals surface area contributed by atoms with E-state index < -0.39 is 11.9 Å². The van der Waals surface area contributed by atoms with Crippen LogP contribution in [0, 0.1) is 0 Å². The summed E-state index contributed by atoms with van der Waals surface area (Å²) in [6.07, 6.45) is -1.55. The van der Waals surface area contributed by atoms with Crippen molar-refractivity contribution >= 4 is 27.5 Å². The van der Waals surface area contributed by atoms with Crippen molar-refractivity contribution in [3.63, 3.8) is 0 Å². The van der Waals surface area contributed by atoms with Crippen LogP contribution in [0.15, 0.2) is 6.07 Å². The second-order valence-corrected chi connectivity index (χ2v) is 6.67. The van der Waals surface area contributed by atoms with E-state index in [2.05, 4.69) is 5.10 Å². The van der Waals surface area contributed by atoms with Gasteiger partial charge in [-0.15, -0.1) is 11.3 Å². The zero-order valence-corrected chi connectivity index (χ0v) is 13.1. The molecule has 3 heterocycles. The molecule has 8 heteroatoms. The lowest BCUT2D eigenvalue weighted by atomic mass is 10.0. The molecule has 1 amide bonds. The molecule has 1 aliphatic rings. The summed E-state index contributed by atoms with van der Waals surface area (Å²) in [5.41, 5.74) is -0.924. The number of carbonyl (C=O) groups is 1. The molecular weight excluding hydrogens is 315 g/mol. The third-order valence-corrected chi connectivity index (χ3v) is 5.24. The molecule has 0 aromatic carbocycles. The number of likely N-dealkylation sites (tertiary alicyclic amines) is 1. The zero-order chi connectivity index (χ0) is 16.1. The van der Waals surface area contributed by atoms with Gasteiger partial charge in [0.05, 0.1) is 4.88 Å². The Morgan fingerprint density at radius 3 is 2.77 bits per heavy atom. The number of rotatable bonds is 1. The summed E-state index contributed by atoms with van der Waals surface area (Å²) < 4.78 is 40.2. The Kier molecular flexibility index (Phi) is 3.66. The molecule has 1 atom stereocenters. The van der Waals surface area contributed by atoms with E-state index in [9.17, 15) is 18.0 Å². The van der Waals surface area contributed by atoms with Crippen LogP contribution in [-0.2, 0) is 13.2 Å². The minimum absolute atomic E-state index is 0.00742. The van der Waals surface area contributed by atoms with Crippen molar-refractivity contribution < 1.29 is 18.0 Å². The van der Waals surface area contributed by atoms with E-state index in [-0.39, 0.29) is 17.3 Å². The maximum atomic E-state index is 13.0. The second kappa shape index (κ2) is 5.26. The van der Waals surface area contributed by atoms with Gasteiger partial charge in [0.15, 0.2) is 5.69 Å². The van der Waals surface area contributed by atoms with Crippen LogP contribution in [0.1, 0.15) is 41.6 Å². The van der Waals surface area contributed by atoms with Crippen LogP contribution in [0.2, 0.25) is 0 Å². The van der Waals surface area contributed by atoms with Crippen molar-refractivity contribution in [1.82, 2.24) is 14.7 Å². The summed E-state index contributed by atoms with van der Waals surface area (Å²) in [5.74, 6) is -0.179. The van der Waals surface area contributed by atoms with Gasteiger partial charge in [-0.25, -0.2) is 0 Å². The maximum Gasteiger partial charge on any atom is 0.435 e. The Morgan fingerprint density at radius 2 is 2.14 bits per heavy atom.